The molecule has 0 aliphatic carbocycles. The molecule has 1 aromatic rings. The summed E-state index contributed by atoms with van der Waals surface area (Å²) in [5, 5.41) is 15.4. The van der Waals surface area contributed by atoms with Crippen LogP contribution >= 0.6 is 0 Å². The highest BCUT2D eigenvalue weighted by molar-refractivity contribution is 5.88. The molecule has 0 spiro atoms. The van der Waals surface area contributed by atoms with E-state index in [1.54, 1.807) is 12.1 Å². The van der Waals surface area contributed by atoms with Gasteiger partial charge in [0.05, 0.1) is 5.56 Å². The number of aromatic carboxylic acids is 1. The molecule has 0 bridgehead atoms. The fourth-order valence-corrected chi connectivity index (χ4v) is 1.61. The highest BCUT2D eigenvalue weighted by Gasteiger charge is 2.18. The van der Waals surface area contributed by atoms with Gasteiger partial charge in [-0.25, -0.2) is 9.78 Å². The van der Waals surface area contributed by atoms with Gasteiger partial charge in [0.25, 0.3) is 0 Å². The molecule has 1 rings (SSSR count). The smallest absolute Gasteiger partial charge is 0.335 e. The lowest BCUT2D eigenvalue weighted by Gasteiger charge is -2.19. The molecule has 1 heterocycles. The van der Waals surface area contributed by atoms with Gasteiger partial charge in [-0.15, -0.1) is 0 Å². The molecular weight excluding hydrogens is 242 g/mol. The average molecular weight is 265 g/mol. The molecule has 0 unspecified atom stereocenters. The van der Waals surface area contributed by atoms with Crippen molar-refractivity contribution in [3.63, 3.8) is 0 Å². The molecule has 19 heavy (non-hydrogen) atoms. The van der Waals surface area contributed by atoms with E-state index in [4.69, 9.17) is 5.11 Å². The molecule has 5 heteroatoms. The van der Waals surface area contributed by atoms with Crippen LogP contribution in [0.2, 0.25) is 0 Å². The second-order valence-corrected chi connectivity index (χ2v) is 5.57. The minimum absolute atomic E-state index is 0.174. The van der Waals surface area contributed by atoms with Crippen LogP contribution in [0.4, 0.5) is 5.82 Å². The van der Waals surface area contributed by atoms with Crippen molar-refractivity contribution >= 4 is 11.8 Å². The van der Waals surface area contributed by atoms with Crippen molar-refractivity contribution in [3.05, 3.63) is 23.4 Å². The van der Waals surface area contributed by atoms with Crippen LogP contribution in [0.15, 0.2) is 12.1 Å². The predicted molar refractivity (Wildman–Crippen MR) is 76.9 cm³/mol. The molecule has 0 amide bonds. The van der Waals surface area contributed by atoms with Crippen molar-refractivity contribution in [2.24, 2.45) is 0 Å². The molecule has 0 saturated carbocycles. The zero-order valence-corrected chi connectivity index (χ0v) is 12.1. The van der Waals surface area contributed by atoms with Gasteiger partial charge in [0, 0.05) is 17.7 Å². The van der Waals surface area contributed by atoms with E-state index in [0.29, 0.717) is 5.82 Å². The van der Waals surface area contributed by atoms with Gasteiger partial charge >= 0.3 is 5.97 Å². The second-order valence-electron chi connectivity index (χ2n) is 5.57. The van der Waals surface area contributed by atoms with Crippen molar-refractivity contribution in [2.45, 2.75) is 32.6 Å². The van der Waals surface area contributed by atoms with Gasteiger partial charge < -0.3 is 15.7 Å². The molecule has 0 fully saturated rings. The molecule has 0 aliphatic heterocycles. The van der Waals surface area contributed by atoms with Crippen LogP contribution in [-0.2, 0) is 5.41 Å². The molecule has 0 atom stereocenters. The lowest BCUT2D eigenvalue weighted by Crippen LogP contribution is -2.18. The van der Waals surface area contributed by atoms with Crippen LogP contribution in [0.5, 0.6) is 0 Å². The fourth-order valence-electron chi connectivity index (χ4n) is 1.61. The Hall–Kier alpha value is -1.62. The van der Waals surface area contributed by atoms with E-state index in [-0.39, 0.29) is 11.0 Å². The van der Waals surface area contributed by atoms with Gasteiger partial charge in [0.15, 0.2) is 0 Å². The predicted octanol–water partition coefficient (Wildman–Crippen LogP) is 2.10. The second kappa shape index (κ2) is 6.52. The Kier molecular flexibility index (Phi) is 5.30. The first-order valence-corrected chi connectivity index (χ1v) is 6.49. The van der Waals surface area contributed by atoms with Crippen LogP contribution in [0, 0.1) is 0 Å². The highest BCUT2D eigenvalue weighted by Crippen LogP contribution is 2.23. The van der Waals surface area contributed by atoms with E-state index >= 15 is 0 Å². The van der Waals surface area contributed by atoms with Gasteiger partial charge in [-0.1, -0.05) is 20.8 Å². The minimum atomic E-state index is -0.925. The number of aromatic nitrogens is 1. The standard InChI is InChI=1S/C14H23N3O2/c1-14(2,3)11-8-10(13(18)19)9-12(17-11)16-7-5-6-15-4/h8-9,15H,5-7H2,1-4H3,(H,16,17)(H,18,19). The molecule has 0 saturated heterocycles. The number of pyridine rings is 1. The third-order valence-corrected chi connectivity index (χ3v) is 2.75. The van der Waals surface area contributed by atoms with Crippen molar-refractivity contribution in [1.29, 1.82) is 0 Å². The highest BCUT2D eigenvalue weighted by atomic mass is 16.4. The number of anilines is 1. The van der Waals surface area contributed by atoms with Gasteiger partial charge in [0.1, 0.15) is 5.82 Å². The Morgan fingerprint density at radius 1 is 1.32 bits per heavy atom. The third-order valence-electron chi connectivity index (χ3n) is 2.75. The zero-order valence-electron chi connectivity index (χ0n) is 12.1. The number of nitrogens with zero attached hydrogens (tertiary/aromatic N) is 1. The summed E-state index contributed by atoms with van der Waals surface area (Å²) >= 11 is 0. The molecule has 0 radical (unpaired) electrons. The summed E-state index contributed by atoms with van der Waals surface area (Å²) in [6, 6.07) is 3.22. The minimum Gasteiger partial charge on any atom is -0.478 e. The Labute approximate surface area is 114 Å². The summed E-state index contributed by atoms with van der Waals surface area (Å²) in [5.41, 5.74) is 0.881. The maximum absolute atomic E-state index is 11.1. The Balaban J connectivity index is 2.91. The van der Waals surface area contributed by atoms with Crippen LogP contribution in [0.3, 0.4) is 0 Å². The lowest BCUT2D eigenvalue weighted by molar-refractivity contribution is 0.0696. The average Bonchev–Trinajstić information content (AvgIpc) is 2.33. The van der Waals surface area contributed by atoms with Gasteiger partial charge in [0.2, 0.25) is 0 Å². The van der Waals surface area contributed by atoms with E-state index in [2.05, 4.69) is 15.6 Å². The van der Waals surface area contributed by atoms with Gasteiger partial charge in [-0.05, 0) is 32.1 Å². The number of hydrogen-bond acceptors (Lipinski definition) is 4. The van der Waals surface area contributed by atoms with Gasteiger partial charge in [-0.2, -0.15) is 0 Å². The summed E-state index contributed by atoms with van der Waals surface area (Å²) in [4.78, 5) is 15.6. The Morgan fingerprint density at radius 3 is 2.53 bits per heavy atom. The Bertz CT molecular complexity index is 439. The first-order valence-electron chi connectivity index (χ1n) is 6.49. The fraction of sp³-hybridized carbons (Fsp3) is 0.571. The molecule has 0 aromatic carbocycles. The van der Waals surface area contributed by atoms with Crippen LogP contribution in [-0.4, -0.2) is 36.2 Å². The number of carbonyl (C=O) groups is 1. The summed E-state index contributed by atoms with van der Waals surface area (Å²) in [6.45, 7) is 7.74. The van der Waals surface area contributed by atoms with E-state index in [0.717, 1.165) is 25.2 Å². The summed E-state index contributed by atoms with van der Waals surface area (Å²) in [5.74, 6) is -0.299. The normalized spacial score (nSPS) is 11.4. The largest absolute Gasteiger partial charge is 0.478 e. The quantitative estimate of drug-likeness (QED) is 0.687. The SMILES string of the molecule is CNCCCNc1cc(C(=O)O)cc(C(C)(C)C)n1. The van der Waals surface area contributed by atoms with Crippen molar-refractivity contribution < 1.29 is 9.90 Å². The molecule has 106 valence electrons. The first-order chi connectivity index (χ1) is 8.84. The molecule has 5 nitrogen and oxygen atoms in total. The number of carboxylic acid groups (broad SMARTS) is 1. The zero-order chi connectivity index (χ0) is 14.5. The lowest BCUT2D eigenvalue weighted by atomic mass is 9.91. The topological polar surface area (TPSA) is 74.2 Å². The summed E-state index contributed by atoms with van der Waals surface area (Å²) in [7, 11) is 1.90. The van der Waals surface area contributed by atoms with E-state index < -0.39 is 5.97 Å². The van der Waals surface area contributed by atoms with Crippen molar-refractivity contribution in [3.8, 4) is 0 Å². The van der Waals surface area contributed by atoms with Gasteiger partial charge in [-0.3, -0.25) is 0 Å². The van der Waals surface area contributed by atoms with E-state index in [9.17, 15) is 4.79 Å². The molecule has 3 N–H and O–H groups in total. The monoisotopic (exact) mass is 265 g/mol. The number of carboxylic acids is 1. The summed E-state index contributed by atoms with van der Waals surface area (Å²) < 4.78 is 0. The molecular formula is C14H23N3O2. The third kappa shape index (κ3) is 4.87. The molecule has 0 aliphatic rings. The Morgan fingerprint density at radius 2 is 2.00 bits per heavy atom. The van der Waals surface area contributed by atoms with Crippen LogP contribution in [0.1, 0.15) is 43.2 Å². The maximum Gasteiger partial charge on any atom is 0.335 e. The number of rotatable bonds is 6. The van der Waals surface area contributed by atoms with E-state index in [1.165, 1.54) is 0 Å². The van der Waals surface area contributed by atoms with Crippen molar-refractivity contribution in [2.75, 3.05) is 25.5 Å². The maximum atomic E-state index is 11.1. The van der Waals surface area contributed by atoms with Crippen LogP contribution in [0.25, 0.3) is 0 Å². The van der Waals surface area contributed by atoms with E-state index in [1.807, 2.05) is 27.8 Å². The number of nitrogens with one attached hydrogen (secondary N) is 2. The first kappa shape index (κ1) is 15.4. The van der Waals surface area contributed by atoms with Crippen molar-refractivity contribution in [1.82, 2.24) is 10.3 Å². The summed E-state index contributed by atoms with van der Waals surface area (Å²) in [6.07, 6.45) is 0.959. The number of hydrogen-bond donors (Lipinski definition) is 3. The van der Waals surface area contributed by atoms with Crippen LogP contribution < -0.4 is 10.6 Å². The molecule has 1 aromatic heterocycles.